The number of amides is 1. The van der Waals surface area contributed by atoms with Gasteiger partial charge in [0.15, 0.2) is 0 Å². The third-order valence-electron chi connectivity index (χ3n) is 2.49. The molecule has 0 bridgehead atoms. The molecule has 1 heterocycles. The second kappa shape index (κ2) is 5.72. The minimum absolute atomic E-state index is 0. The zero-order chi connectivity index (χ0) is 10.7. The van der Waals surface area contributed by atoms with Crippen LogP contribution in [-0.4, -0.2) is 37.1 Å². The van der Waals surface area contributed by atoms with E-state index in [1.54, 1.807) is 17.0 Å². The molecular weight excluding hydrogens is 228 g/mol. The summed E-state index contributed by atoms with van der Waals surface area (Å²) in [7, 11) is 0. The van der Waals surface area contributed by atoms with E-state index in [0.29, 0.717) is 37.6 Å². The monoisotopic (exact) mass is 241 g/mol. The third-order valence-corrected chi connectivity index (χ3v) is 2.49. The Morgan fingerprint density at radius 2 is 1.88 bits per heavy atom. The van der Waals surface area contributed by atoms with Crippen molar-refractivity contribution in [3.05, 3.63) is 29.8 Å². The number of hydrogen-bond acceptors (Lipinski definition) is 3. The summed E-state index contributed by atoms with van der Waals surface area (Å²) in [5.41, 5.74) is 6.87. The number of anilines is 1. The molecule has 1 saturated heterocycles. The number of nitrogens with zero attached hydrogens (tertiary/aromatic N) is 1. The maximum absolute atomic E-state index is 12.0. The quantitative estimate of drug-likeness (QED) is 0.565. The molecule has 2 rings (SSSR count). The Morgan fingerprint density at radius 1 is 1.25 bits per heavy atom. The van der Waals surface area contributed by atoms with Gasteiger partial charge in [-0.3, -0.25) is 4.79 Å². The Hall–Kier alpha value is -1.26. The van der Waals surface area contributed by atoms with E-state index in [1.807, 2.05) is 12.1 Å². The van der Waals surface area contributed by atoms with Gasteiger partial charge in [-0.15, -0.1) is 0 Å². The number of halogens is 1. The average molecular weight is 242 g/mol. The number of morpholine rings is 1. The molecule has 0 atom stereocenters. The molecule has 1 aliphatic heterocycles. The van der Waals surface area contributed by atoms with E-state index in [1.165, 1.54) is 0 Å². The van der Waals surface area contributed by atoms with Gasteiger partial charge in [0.25, 0.3) is 5.91 Å². The lowest BCUT2D eigenvalue weighted by Crippen LogP contribution is -3.00. The van der Waals surface area contributed by atoms with E-state index in [0.717, 1.165) is 0 Å². The summed E-state index contributed by atoms with van der Waals surface area (Å²) in [5, 5.41) is 0. The lowest BCUT2D eigenvalue weighted by atomic mass is 10.1. The van der Waals surface area contributed by atoms with E-state index >= 15 is 0 Å². The Balaban J connectivity index is 0.00000128. The summed E-state index contributed by atoms with van der Waals surface area (Å²) in [6, 6.07) is 7.15. The topological polar surface area (TPSA) is 55.6 Å². The standard InChI is InChI=1S/C11H14N2O2.ClH/c12-10-4-2-1-3-9(10)11(14)13-5-7-15-8-6-13;/h1-4H,5-8,12H2;1H/p-1. The molecule has 0 saturated carbocycles. The molecule has 1 aromatic rings. The predicted octanol–water partition coefficient (Wildman–Crippen LogP) is -2.25. The van der Waals surface area contributed by atoms with Crippen molar-refractivity contribution in [3.63, 3.8) is 0 Å². The highest BCUT2D eigenvalue weighted by atomic mass is 35.5. The Morgan fingerprint density at radius 3 is 2.50 bits per heavy atom. The van der Waals surface area contributed by atoms with Crippen molar-refractivity contribution in [1.82, 2.24) is 4.90 Å². The number of ether oxygens (including phenoxy) is 1. The maximum Gasteiger partial charge on any atom is 0.256 e. The molecule has 0 aromatic heterocycles. The molecule has 0 aliphatic carbocycles. The van der Waals surface area contributed by atoms with Crippen molar-refractivity contribution >= 4 is 11.6 Å². The molecule has 2 N–H and O–H groups in total. The first kappa shape index (κ1) is 12.8. The molecule has 1 fully saturated rings. The molecule has 1 aromatic carbocycles. The molecule has 0 spiro atoms. The van der Waals surface area contributed by atoms with Crippen molar-refractivity contribution in [2.24, 2.45) is 0 Å². The van der Waals surface area contributed by atoms with E-state index in [9.17, 15) is 4.79 Å². The van der Waals surface area contributed by atoms with Crippen LogP contribution in [-0.2, 0) is 4.74 Å². The number of nitrogen functional groups attached to an aromatic ring is 1. The average Bonchev–Trinajstić information content (AvgIpc) is 2.30. The summed E-state index contributed by atoms with van der Waals surface area (Å²) in [5.74, 6) is -0.00333. The molecule has 1 amide bonds. The fourth-order valence-electron chi connectivity index (χ4n) is 1.63. The van der Waals surface area contributed by atoms with Crippen LogP contribution < -0.4 is 18.1 Å². The van der Waals surface area contributed by atoms with Gasteiger partial charge in [0.2, 0.25) is 0 Å². The zero-order valence-electron chi connectivity index (χ0n) is 8.86. The summed E-state index contributed by atoms with van der Waals surface area (Å²) in [6.45, 7) is 2.51. The van der Waals surface area contributed by atoms with Gasteiger partial charge >= 0.3 is 0 Å². The molecule has 0 radical (unpaired) electrons. The molecule has 0 unspecified atom stereocenters. The summed E-state index contributed by atoms with van der Waals surface area (Å²) in [4.78, 5) is 13.8. The van der Waals surface area contributed by atoms with Crippen LogP contribution >= 0.6 is 0 Å². The smallest absolute Gasteiger partial charge is 0.256 e. The minimum atomic E-state index is -0.00333. The van der Waals surface area contributed by atoms with Crippen LogP contribution in [0.1, 0.15) is 10.4 Å². The van der Waals surface area contributed by atoms with E-state index in [4.69, 9.17) is 10.5 Å². The maximum atomic E-state index is 12.0. The van der Waals surface area contributed by atoms with Crippen LogP contribution in [0.25, 0.3) is 0 Å². The lowest BCUT2D eigenvalue weighted by molar-refractivity contribution is -0.0000138. The van der Waals surface area contributed by atoms with Crippen molar-refractivity contribution < 1.29 is 21.9 Å². The van der Waals surface area contributed by atoms with Crippen molar-refractivity contribution in [2.75, 3.05) is 32.0 Å². The van der Waals surface area contributed by atoms with Gasteiger partial charge in [-0.25, -0.2) is 0 Å². The number of nitrogens with two attached hydrogens (primary N) is 1. The predicted molar refractivity (Wildman–Crippen MR) is 57.6 cm³/mol. The second-order valence-electron chi connectivity index (χ2n) is 3.49. The van der Waals surface area contributed by atoms with Gasteiger partial charge in [-0.1, -0.05) is 12.1 Å². The van der Waals surface area contributed by atoms with Gasteiger partial charge in [0.1, 0.15) is 0 Å². The van der Waals surface area contributed by atoms with Crippen molar-refractivity contribution in [2.45, 2.75) is 0 Å². The van der Waals surface area contributed by atoms with Crippen LogP contribution in [0, 0.1) is 0 Å². The van der Waals surface area contributed by atoms with Crippen molar-refractivity contribution in [1.29, 1.82) is 0 Å². The number of rotatable bonds is 1. The third kappa shape index (κ3) is 2.65. The van der Waals surface area contributed by atoms with Crippen LogP contribution in [0.15, 0.2) is 24.3 Å². The Kier molecular flexibility index (Phi) is 4.58. The van der Waals surface area contributed by atoms with Crippen LogP contribution in [0.5, 0.6) is 0 Å². The molecule has 1 aliphatic rings. The largest absolute Gasteiger partial charge is 1.00 e. The molecule has 5 heteroatoms. The van der Waals surface area contributed by atoms with Crippen LogP contribution in [0.4, 0.5) is 5.69 Å². The number of carbonyl (C=O) groups excluding carboxylic acids is 1. The van der Waals surface area contributed by atoms with Crippen LogP contribution in [0.3, 0.4) is 0 Å². The SMILES string of the molecule is Nc1ccccc1C(=O)N1CCOCC1.[Cl-]. The fourth-order valence-corrected chi connectivity index (χ4v) is 1.63. The first-order valence-corrected chi connectivity index (χ1v) is 5.00. The summed E-state index contributed by atoms with van der Waals surface area (Å²) in [6.07, 6.45) is 0. The lowest BCUT2D eigenvalue weighted by Gasteiger charge is -2.27. The van der Waals surface area contributed by atoms with Gasteiger partial charge < -0.3 is 27.8 Å². The van der Waals surface area contributed by atoms with Gasteiger partial charge in [-0.05, 0) is 12.1 Å². The molecule has 88 valence electrons. The number of hydrogen-bond donors (Lipinski definition) is 1. The highest BCUT2D eigenvalue weighted by Crippen LogP contribution is 2.14. The van der Waals surface area contributed by atoms with Gasteiger partial charge in [0.05, 0.1) is 18.8 Å². The van der Waals surface area contributed by atoms with E-state index < -0.39 is 0 Å². The Bertz CT molecular complexity index is 365. The summed E-state index contributed by atoms with van der Waals surface area (Å²) < 4.78 is 5.19. The number of benzene rings is 1. The summed E-state index contributed by atoms with van der Waals surface area (Å²) >= 11 is 0. The Labute approximate surface area is 101 Å². The number of carbonyl (C=O) groups is 1. The number of para-hydroxylation sites is 1. The first-order chi connectivity index (χ1) is 7.29. The molecule has 16 heavy (non-hydrogen) atoms. The van der Waals surface area contributed by atoms with Gasteiger partial charge in [-0.2, -0.15) is 0 Å². The first-order valence-electron chi connectivity index (χ1n) is 5.00. The highest BCUT2D eigenvalue weighted by Gasteiger charge is 2.19. The molecule has 4 nitrogen and oxygen atoms in total. The zero-order valence-corrected chi connectivity index (χ0v) is 9.61. The van der Waals surface area contributed by atoms with Crippen molar-refractivity contribution in [3.8, 4) is 0 Å². The van der Waals surface area contributed by atoms with E-state index in [-0.39, 0.29) is 18.3 Å². The minimum Gasteiger partial charge on any atom is -1.00 e. The molecular formula is C11H14ClN2O2-. The second-order valence-corrected chi connectivity index (χ2v) is 3.49. The van der Waals surface area contributed by atoms with Gasteiger partial charge in [0, 0.05) is 18.8 Å². The normalized spacial score (nSPS) is 15.4. The fraction of sp³-hybridized carbons (Fsp3) is 0.364. The van der Waals surface area contributed by atoms with E-state index in [2.05, 4.69) is 0 Å². The highest BCUT2D eigenvalue weighted by molar-refractivity contribution is 5.99. The van der Waals surface area contributed by atoms with Crippen LogP contribution in [0.2, 0.25) is 0 Å².